The molecule has 0 amide bonds. The highest BCUT2D eigenvalue weighted by Crippen LogP contribution is 1.98. The Morgan fingerprint density at radius 1 is 1.80 bits per heavy atom. The number of Topliss-reactive ketones (excluding diaryl/α,β-unsaturated/α-hetero) is 1. The fourth-order valence-corrected chi connectivity index (χ4v) is 0.964. The lowest BCUT2D eigenvalue weighted by Gasteiger charge is -2.03. The van der Waals surface area contributed by atoms with Crippen molar-refractivity contribution in [3.63, 3.8) is 0 Å². The first-order valence-corrected chi connectivity index (χ1v) is 4.35. The molecule has 0 radical (unpaired) electrons. The topological polar surface area (TPSA) is 60.2 Å². The number of hydrogen-bond donors (Lipinski definition) is 1. The standard InChI is InChI=1S/C6H11NO2S/c1-10-3-2-5(7)6(9)4-8/h4-5H,2-3,7H2,1H3/t5-/m0/s1. The van der Waals surface area contributed by atoms with Crippen molar-refractivity contribution in [3.05, 3.63) is 0 Å². The summed E-state index contributed by atoms with van der Waals surface area (Å²) in [5, 5.41) is 0. The molecule has 0 aromatic rings. The van der Waals surface area contributed by atoms with E-state index < -0.39 is 11.8 Å². The van der Waals surface area contributed by atoms with E-state index in [1.165, 1.54) is 0 Å². The molecule has 0 fully saturated rings. The largest absolute Gasteiger partial charge is 0.321 e. The Morgan fingerprint density at radius 2 is 2.40 bits per heavy atom. The van der Waals surface area contributed by atoms with Crippen LogP contribution < -0.4 is 5.73 Å². The Balaban J connectivity index is 3.51. The highest BCUT2D eigenvalue weighted by atomic mass is 32.2. The van der Waals surface area contributed by atoms with Gasteiger partial charge in [-0.2, -0.15) is 11.8 Å². The lowest BCUT2D eigenvalue weighted by atomic mass is 10.2. The van der Waals surface area contributed by atoms with Gasteiger partial charge in [-0.1, -0.05) is 0 Å². The molecule has 0 heterocycles. The average molecular weight is 161 g/mol. The molecule has 0 aromatic heterocycles. The maximum Gasteiger partial charge on any atom is 0.211 e. The molecule has 0 bridgehead atoms. The van der Waals surface area contributed by atoms with E-state index in [1.807, 2.05) is 6.26 Å². The van der Waals surface area contributed by atoms with Crippen molar-refractivity contribution in [2.24, 2.45) is 5.73 Å². The average Bonchev–Trinajstić information content (AvgIpc) is 1.98. The molecule has 0 aromatic carbocycles. The number of hydrogen-bond acceptors (Lipinski definition) is 4. The highest BCUT2D eigenvalue weighted by Gasteiger charge is 2.10. The predicted octanol–water partition coefficient (Wildman–Crippen LogP) is -0.165. The number of aldehydes is 1. The van der Waals surface area contributed by atoms with E-state index in [0.717, 1.165) is 5.75 Å². The third-order valence-corrected chi connectivity index (χ3v) is 1.76. The van der Waals surface area contributed by atoms with Crippen LogP contribution in [0, 0.1) is 0 Å². The molecule has 4 heteroatoms. The smallest absolute Gasteiger partial charge is 0.211 e. The minimum Gasteiger partial charge on any atom is -0.321 e. The zero-order chi connectivity index (χ0) is 7.98. The van der Waals surface area contributed by atoms with Crippen LogP contribution in [0.5, 0.6) is 0 Å². The second kappa shape index (κ2) is 5.44. The molecule has 0 saturated carbocycles. The van der Waals surface area contributed by atoms with E-state index in [1.54, 1.807) is 11.8 Å². The van der Waals surface area contributed by atoms with Crippen molar-refractivity contribution in [1.82, 2.24) is 0 Å². The first-order valence-electron chi connectivity index (χ1n) is 2.96. The SMILES string of the molecule is CSCC[C@H](N)C(=O)C=O. The van der Waals surface area contributed by atoms with Crippen LogP contribution in [0.1, 0.15) is 6.42 Å². The molecule has 0 aliphatic carbocycles. The van der Waals surface area contributed by atoms with Crippen LogP contribution in [0.25, 0.3) is 0 Å². The summed E-state index contributed by atoms with van der Waals surface area (Å²) in [6, 6.07) is -0.593. The van der Waals surface area contributed by atoms with Gasteiger partial charge >= 0.3 is 0 Å². The molecule has 2 N–H and O–H groups in total. The normalized spacial score (nSPS) is 12.6. The zero-order valence-electron chi connectivity index (χ0n) is 5.87. The second-order valence-corrected chi connectivity index (χ2v) is 2.89. The number of carbonyl (C=O) groups is 2. The molecule has 0 rings (SSSR count). The van der Waals surface area contributed by atoms with Gasteiger partial charge in [-0.05, 0) is 18.4 Å². The van der Waals surface area contributed by atoms with Gasteiger partial charge in [-0.15, -0.1) is 0 Å². The summed E-state index contributed by atoms with van der Waals surface area (Å²) in [7, 11) is 0. The monoisotopic (exact) mass is 161 g/mol. The summed E-state index contributed by atoms with van der Waals surface area (Å²) >= 11 is 1.61. The van der Waals surface area contributed by atoms with Crippen molar-refractivity contribution in [2.75, 3.05) is 12.0 Å². The molecule has 3 nitrogen and oxygen atoms in total. The van der Waals surface area contributed by atoms with Crippen molar-refractivity contribution in [2.45, 2.75) is 12.5 Å². The Kier molecular flexibility index (Phi) is 5.25. The van der Waals surface area contributed by atoms with Crippen LogP contribution in [-0.4, -0.2) is 30.1 Å². The Morgan fingerprint density at radius 3 is 2.80 bits per heavy atom. The summed E-state index contributed by atoms with van der Waals surface area (Å²) in [4.78, 5) is 20.4. The highest BCUT2D eigenvalue weighted by molar-refractivity contribution is 7.98. The number of nitrogens with two attached hydrogens (primary N) is 1. The lowest BCUT2D eigenvalue weighted by Crippen LogP contribution is -2.31. The van der Waals surface area contributed by atoms with Crippen LogP contribution in [0.15, 0.2) is 0 Å². The van der Waals surface area contributed by atoms with Gasteiger partial charge in [0.1, 0.15) is 0 Å². The molecule has 58 valence electrons. The molecule has 0 saturated heterocycles. The van der Waals surface area contributed by atoms with E-state index in [2.05, 4.69) is 0 Å². The minimum atomic E-state index is -0.593. The molecular weight excluding hydrogens is 150 g/mol. The number of carbonyl (C=O) groups excluding carboxylic acids is 2. The van der Waals surface area contributed by atoms with Crippen LogP contribution in [0.3, 0.4) is 0 Å². The molecular formula is C6H11NO2S. The first-order chi connectivity index (χ1) is 4.72. The van der Waals surface area contributed by atoms with Crippen molar-refractivity contribution in [1.29, 1.82) is 0 Å². The van der Waals surface area contributed by atoms with Gasteiger partial charge in [-0.3, -0.25) is 9.59 Å². The Labute approximate surface area is 64.4 Å². The van der Waals surface area contributed by atoms with Crippen LogP contribution >= 0.6 is 11.8 Å². The van der Waals surface area contributed by atoms with Crippen LogP contribution in [0.4, 0.5) is 0 Å². The number of thioether (sulfide) groups is 1. The van der Waals surface area contributed by atoms with Gasteiger partial charge in [-0.25, -0.2) is 0 Å². The first kappa shape index (κ1) is 9.65. The van der Waals surface area contributed by atoms with Crippen molar-refractivity contribution < 1.29 is 9.59 Å². The molecule has 10 heavy (non-hydrogen) atoms. The zero-order valence-corrected chi connectivity index (χ0v) is 6.69. The lowest BCUT2D eigenvalue weighted by molar-refractivity contribution is -0.130. The third kappa shape index (κ3) is 3.63. The van der Waals surface area contributed by atoms with Crippen molar-refractivity contribution >= 4 is 23.8 Å². The van der Waals surface area contributed by atoms with E-state index in [-0.39, 0.29) is 6.29 Å². The second-order valence-electron chi connectivity index (χ2n) is 1.91. The maximum absolute atomic E-state index is 10.5. The molecule has 1 atom stereocenters. The predicted molar refractivity (Wildman–Crippen MR) is 42.0 cm³/mol. The van der Waals surface area contributed by atoms with Gasteiger partial charge in [0, 0.05) is 0 Å². The van der Waals surface area contributed by atoms with Gasteiger partial charge in [0.05, 0.1) is 6.04 Å². The Bertz CT molecular complexity index is 127. The fourth-order valence-electron chi connectivity index (χ4n) is 0.474. The van der Waals surface area contributed by atoms with Gasteiger partial charge in [0.25, 0.3) is 0 Å². The summed E-state index contributed by atoms with van der Waals surface area (Å²) in [5.41, 5.74) is 5.32. The number of ketones is 1. The Hall–Kier alpha value is -0.350. The third-order valence-electron chi connectivity index (χ3n) is 1.11. The quantitative estimate of drug-likeness (QED) is 0.449. The maximum atomic E-state index is 10.5. The summed E-state index contributed by atoms with van der Waals surface area (Å²) < 4.78 is 0. The van der Waals surface area contributed by atoms with Crippen LogP contribution in [-0.2, 0) is 9.59 Å². The van der Waals surface area contributed by atoms with Crippen LogP contribution in [0.2, 0.25) is 0 Å². The van der Waals surface area contributed by atoms with E-state index in [4.69, 9.17) is 5.73 Å². The fraction of sp³-hybridized carbons (Fsp3) is 0.667. The minimum absolute atomic E-state index is 0.283. The van der Waals surface area contributed by atoms with Gasteiger partial charge in [0.15, 0.2) is 6.29 Å². The summed E-state index contributed by atoms with van der Waals surface area (Å²) in [5.74, 6) is 0.315. The molecule has 0 aliphatic rings. The van der Waals surface area contributed by atoms with E-state index in [9.17, 15) is 9.59 Å². The van der Waals surface area contributed by atoms with Gasteiger partial charge < -0.3 is 5.73 Å². The summed E-state index contributed by atoms with van der Waals surface area (Å²) in [6.45, 7) is 0. The summed E-state index contributed by atoms with van der Waals surface area (Å²) in [6.07, 6.45) is 2.79. The molecule has 0 unspecified atom stereocenters. The number of rotatable bonds is 5. The van der Waals surface area contributed by atoms with Crippen molar-refractivity contribution in [3.8, 4) is 0 Å². The molecule has 0 spiro atoms. The van der Waals surface area contributed by atoms with E-state index in [0.29, 0.717) is 6.42 Å². The van der Waals surface area contributed by atoms with E-state index >= 15 is 0 Å². The van der Waals surface area contributed by atoms with Gasteiger partial charge in [0.2, 0.25) is 5.78 Å². The molecule has 0 aliphatic heterocycles.